The second-order valence-electron chi connectivity index (χ2n) is 10.3. The first-order chi connectivity index (χ1) is 18.3. The number of nitrogens with one attached hydrogen (secondary N) is 1. The molecule has 5 rings (SSSR count). The van der Waals surface area contributed by atoms with Crippen molar-refractivity contribution in [3.05, 3.63) is 58.3 Å². The lowest BCUT2D eigenvalue weighted by molar-refractivity contribution is -0.125. The van der Waals surface area contributed by atoms with Crippen LogP contribution < -0.4 is 5.32 Å². The number of amides is 2. The maximum absolute atomic E-state index is 13.1. The molecule has 2 aromatic heterocycles. The molecule has 38 heavy (non-hydrogen) atoms. The monoisotopic (exact) mass is 541 g/mol. The van der Waals surface area contributed by atoms with Crippen molar-refractivity contribution >= 4 is 40.1 Å². The number of fused-ring (bicyclic) bond motifs is 1. The smallest absolute Gasteiger partial charge is 0.272 e. The number of aromatic nitrogens is 2. The van der Waals surface area contributed by atoms with E-state index in [9.17, 15) is 18.4 Å². The van der Waals surface area contributed by atoms with Gasteiger partial charge in [-0.2, -0.15) is 0 Å². The number of hydrogen-bond donors (Lipinski definition) is 1. The average Bonchev–Trinajstić information content (AvgIpc) is 3.63. The highest BCUT2D eigenvalue weighted by Crippen LogP contribution is 2.43. The van der Waals surface area contributed by atoms with Crippen molar-refractivity contribution < 1.29 is 18.4 Å². The molecule has 2 amide bonds. The predicted octanol–water partition coefficient (Wildman–Crippen LogP) is 5.87. The van der Waals surface area contributed by atoms with E-state index < -0.39 is 12.3 Å². The molecule has 1 N–H and O–H groups in total. The molecule has 0 radical (unpaired) electrons. The maximum Gasteiger partial charge on any atom is 0.272 e. The number of carbonyl (C=O) groups excluding carboxylic acids is 2. The van der Waals surface area contributed by atoms with Crippen molar-refractivity contribution in [2.45, 2.75) is 51.1 Å². The molecule has 0 unspecified atom stereocenters. The second kappa shape index (κ2) is 11.3. The van der Waals surface area contributed by atoms with Gasteiger partial charge in [-0.25, -0.2) is 13.8 Å². The Kier molecular flexibility index (Phi) is 7.90. The van der Waals surface area contributed by atoms with Crippen molar-refractivity contribution in [3.8, 4) is 0 Å². The Bertz CT molecular complexity index is 1320. The van der Waals surface area contributed by atoms with Crippen LogP contribution in [-0.2, 0) is 11.3 Å². The number of halogens is 2. The number of imidazole rings is 1. The van der Waals surface area contributed by atoms with E-state index in [2.05, 4.69) is 39.6 Å². The van der Waals surface area contributed by atoms with E-state index in [4.69, 9.17) is 4.98 Å². The maximum atomic E-state index is 13.1. The van der Waals surface area contributed by atoms with Gasteiger partial charge in [0.1, 0.15) is 0 Å². The number of benzene rings is 1. The highest BCUT2D eigenvalue weighted by Gasteiger charge is 2.34. The largest absolute Gasteiger partial charge is 0.342 e. The topological polar surface area (TPSA) is 70.5 Å². The number of carbonyl (C=O) groups is 2. The third-order valence-corrected chi connectivity index (χ3v) is 8.74. The lowest BCUT2D eigenvalue weighted by Gasteiger charge is -2.38. The average molecular weight is 542 g/mol. The number of nitrogens with zero attached hydrogens (tertiary/aromatic N) is 4. The van der Waals surface area contributed by atoms with E-state index in [-0.39, 0.29) is 21.7 Å². The molecule has 7 nitrogen and oxygen atoms in total. The molecule has 3 heterocycles. The van der Waals surface area contributed by atoms with Gasteiger partial charge in [-0.15, -0.1) is 11.3 Å². The fourth-order valence-corrected chi connectivity index (χ4v) is 6.20. The van der Waals surface area contributed by atoms with Crippen LogP contribution >= 0.6 is 11.3 Å². The van der Waals surface area contributed by atoms with Crippen LogP contribution in [0.2, 0.25) is 0 Å². The van der Waals surface area contributed by atoms with Gasteiger partial charge >= 0.3 is 0 Å². The molecule has 0 atom stereocenters. The van der Waals surface area contributed by atoms with Crippen molar-refractivity contribution in [2.24, 2.45) is 5.92 Å². The van der Waals surface area contributed by atoms with E-state index in [1.165, 1.54) is 36.6 Å². The van der Waals surface area contributed by atoms with Crippen LogP contribution in [0.4, 0.5) is 14.7 Å². The van der Waals surface area contributed by atoms with Gasteiger partial charge in [0, 0.05) is 26.2 Å². The zero-order valence-electron chi connectivity index (χ0n) is 21.5. The van der Waals surface area contributed by atoms with Gasteiger partial charge in [0.25, 0.3) is 12.3 Å². The summed E-state index contributed by atoms with van der Waals surface area (Å²) < 4.78 is 28.2. The van der Waals surface area contributed by atoms with Gasteiger partial charge in [0.15, 0.2) is 0 Å². The number of thiophene rings is 1. The lowest BCUT2D eigenvalue weighted by atomic mass is 9.78. The van der Waals surface area contributed by atoms with E-state index >= 15 is 0 Å². The Balaban J connectivity index is 1.36. The number of rotatable bonds is 10. The molecule has 1 saturated heterocycles. The zero-order chi connectivity index (χ0) is 26.8. The molecule has 1 aliphatic carbocycles. The van der Waals surface area contributed by atoms with Gasteiger partial charge in [-0.1, -0.05) is 12.6 Å². The summed E-state index contributed by atoms with van der Waals surface area (Å²) >= 11 is 0.799. The summed E-state index contributed by atoms with van der Waals surface area (Å²) in [6.45, 7) is 7.29. The van der Waals surface area contributed by atoms with Crippen LogP contribution in [0.5, 0.6) is 0 Å². The molecular formula is C28H33F2N5O2S. The van der Waals surface area contributed by atoms with Gasteiger partial charge in [0.2, 0.25) is 11.9 Å². The van der Waals surface area contributed by atoms with Crippen molar-refractivity contribution in [1.82, 2.24) is 19.4 Å². The number of alkyl halides is 2. The summed E-state index contributed by atoms with van der Waals surface area (Å²) in [5.74, 6) is 0.384. The highest BCUT2D eigenvalue weighted by molar-refractivity contribution is 7.14. The normalized spacial score (nSPS) is 19.6. The summed E-state index contributed by atoms with van der Waals surface area (Å²) in [7, 11) is 1.78. The SMILES string of the molecule is C=CC(=O)N(C)CCC1CC(n2c(NC(=O)c3ccc(C(F)F)s3)nc3cc(CN4CCCC4)ccc32)C1. The fraction of sp³-hybridized carbons (Fsp3) is 0.464. The first-order valence-corrected chi connectivity index (χ1v) is 13.9. The Morgan fingerprint density at radius 3 is 2.68 bits per heavy atom. The van der Waals surface area contributed by atoms with Crippen LogP contribution in [0.15, 0.2) is 43.0 Å². The van der Waals surface area contributed by atoms with Crippen molar-refractivity contribution in [2.75, 3.05) is 32.0 Å². The third-order valence-electron chi connectivity index (χ3n) is 7.65. The summed E-state index contributed by atoms with van der Waals surface area (Å²) in [4.78, 5) is 33.8. The number of likely N-dealkylation sites (N-methyl/N-ethyl adjacent to an activating group) is 1. The molecule has 202 valence electrons. The Morgan fingerprint density at radius 2 is 2.00 bits per heavy atom. The zero-order valence-corrected chi connectivity index (χ0v) is 22.4. The van der Waals surface area contributed by atoms with E-state index in [1.807, 2.05) is 0 Å². The van der Waals surface area contributed by atoms with E-state index in [0.717, 1.165) is 61.3 Å². The van der Waals surface area contributed by atoms with Gasteiger partial charge in [0.05, 0.1) is 20.8 Å². The minimum atomic E-state index is -2.60. The highest BCUT2D eigenvalue weighted by atomic mass is 32.1. The van der Waals surface area contributed by atoms with E-state index in [0.29, 0.717) is 18.4 Å². The first kappa shape index (κ1) is 26.5. The van der Waals surface area contributed by atoms with Crippen molar-refractivity contribution in [1.29, 1.82) is 0 Å². The Hall–Kier alpha value is -3.11. The standard InChI is InChI=1S/C28H33F2N5O2S/c1-3-25(36)33(2)13-10-18-14-20(15-18)35-22-7-6-19(17-34-11-4-5-12-34)16-21(22)31-28(35)32-27(37)24-9-8-23(38-24)26(29)30/h3,6-9,16,18,20,26H,1,4-5,10-15,17H2,2H3,(H,31,32,37). The van der Waals surface area contributed by atoms with Crippen LogP contribution in [-0.4, -0.2) is 57.8 Å². The molecule has 1 aromatic carbocycles. The molecular weight excluding hydrogens is 508 g/mol. The molecule has 10 heteroatoms. The number of likely N-dealkylation sites (tertiary alicyclic amines) is 1. The predicted molar refractivity (Wildman–Crippen MR) is 146 cm³/mol. The lowest BCUT2D eigenvalue weighted by Crippen LogP contribution is -2.33. The Labute approximate surface area is 225 Å². The molecule has 1 saturated carbocycles. The Morgan fingerprint density at radius 1 is 1.24 bits per heavy atom. The molecule has 0 spiro atoms. The van der Waals surface area contributed by atoms with Crippen LogP contribution in [0.25, 0.3) is 11.0 Å². The van der Waals surface area contributed by atoms with Crippen LogP contribution in [0.1, 0.15) is 64.7 Å². The van der Waals surface area contributed by atoms with Crippen LogP contribution in [0, 0.1) is 5.92 Å². The van der Waals surface area contributed by atoms with Gasteiger partial charge in [-0.05, 0) is 87.0 Å². The summed E-state index contributed by atoms with van der Waals surface area (Å²) in [5.41, 5.74) is 2.95. The van der Waals surface area contributed by atoms with E-state index in [1.54, 1.807) is 11.9 Å². The van der Waals surface area contributed by atoms with Gasteiger partial charge < -0.3 is 9.47 Å². The third kappa shape index (κ3) is 5.66. The van der Waals surface area contributed by atoms with Gasteiger partial charge in [-0.3, -0.25) is 19.8 Å². The molecule has 1 aliphatic heterocycles. The minimum Gasteiger partial charge on any atom is -0.342 e. The first-order valence-electron chi connectivity index (χ1n) is 13.1. The fourth-order valence-electron chi connectivity index (χ4n) is 5.44. The molecule has 2 aliphatic rings. The number of hydrogen-bond acceptors (Lipinski definition) is 5. The molecule has 3 aromatic rings. The quantitative estimate of drug-likeness (QED) is 0.326. The summed E-state index contributed by atoms with van der Waals surface area (Å²) in [6, 6.07) is 9.18. The second-order valence-corrected chi connectivity index (χ2v) is 11.4. The van der Waals surface area contributed by atoms with Crippen LogP contribution in [0.3, 0.4) is 0 Å². The molecule has 2 fully saturated rings. The molecule has 0 bridgehead atoms. The minimum absolute atomic E-state index is 0.0835. The summed E-state index contributed by atoms with van der Waals surface area (Å²) in [6.07, 6.45) is 3.89. The van der Waals surface area contributed by atoms with Crippen molar-refractivity contribution in [3.63, 3.8) is 0 Å². The summed E-state index contributed by atoms with van der Waals surface area (Å²) in [5, 5.41) is 2.90. The number of anilines is 1.